The van der Waals surface area contributed by atoms with Crippen LogP contribution < -0.4 is 15.0 Å². The van der Waals surface area contributed by atoms with E-state index in [9.17, 15) is 0 Å². The highest BCUT2D eigenvalue weighted by molar-refractivity contribution is 7.15. The second-order valence-electron chi connectivity index (χ2n) is 9.72. The number of hydrogen-bond acceptors (Lipinski definition) is 8. The maximum atomic E-state index is 6.73. The SMILES string of the molecule is CC1=Cc2c(ccc(Oc3nc(Nc4ncc(C5CCC5)s4)cc(N4CCN(C)CC4)n3)c2Cl)C1. The Morgan fingerprint density at radius 1 is 1.14 bits per heavy atom. The fourth-order valence-electron chi connectivity index (χ4n) is 4.75. The predicted octanol–water partition coefficient (Wildman–Crippen LogP) is 6.10. The van der Waals surface area contributed by atoms with Crippen LogP contribution in [0.5, 0.6) is 11.8 Å². The number of piperazine rings is 1. The average molecular weight is 509 g/mol. The van der Waals surface area contributed by atoms with Gasteiger partial charge < -0.3 is 19.9 Å². The minimum Gasteiger partial charge on any atom is -0.423 e. The van der Waals surface area contributed by atoms with Crippen molar-refractivity contribution in [1.82, 2.24) is 19.9 Å². The van der Waals surface area contributed by atoms with Crippen LogP contribution in [0.15, 0.2) is 30.0 Å². The fraction of sp³-hybridized carbons (Fsp3) is 0.423. The number of hydrogen-bond donors (Lipinski definition) is 1. The molecule has 0 atom stereocenters. The summed E-state index contributed by atoms with van der Waals surface area (Å²) in [6.07, 6.45) is 8.88. The summed E-state index contributed by atoms with van der Waals surface area (Å²) >= 11 is 8.44. The van der Waals surface area contributed by atoms with Crippen LogP contribution in [0.1, 0.15) is 48.1 Å². The Bertz CT molecular complexity index is 1280. The van der Waals surface area contributed by atoms with Gasteiger partial charge >= 0.3 is 6.01 Å². The molecule has 0 spiro atoms. The van der Waals surface area contributed by atoms with E-state index in [-0.39, 0.29) is 6.01 Å². The number of thiazole rings is 1. The molecule has 0 amide bonds. The van der Waals surface area contributed by atoms with Gasteiger partial charge in [0.15, 0.2) is 5.13 Å². The third-order valence-corrected chi connectivity index (χ3v) is 8.55. The van der Waals surface area contributed by atoms with E-state index in [1.165, 1.54) is 35.3 Å². The molecule has 1 saturated carbocycles. The first kappa shape index (κ1) is 22.8. The van der Waals surface area contributed by atoms with Crippen molar-refractivity contribution < 1.29 is 4.74 Å². The molecule has 0 unspecified atom stereocenters. The Labute approximate surface area is 214 Å². The number of allylic oxidation sites excluding steroid dienone is 1. The number of anilines is 3. The maximum Gasteiger partial charge on any atom is 0.325 e. The Hall–Kier alpha value is -2.68. The average Bonchev–Trinajstić information content (AvgIpc) is 3.41. The number of benzene rings is 1. The molecule has 9 heteroatoms. The Kier molecular flexibility index (Phi) is 6.12. The molecule has 1 N–H and O–H groups in total. The molecule has 182 valence electrons. The van der Waals surface area contributed by atoms with Crippen molar-refractivity contribution in [2.75, 3.05) is 43.4 Å². The molecule has 3 aromatic rings. The van der Waals surface area contributed by atoms with Crippen LogP contribution in [-0.4, -0.2) is 53.1 Å². The van der Waals surface area contributed by atoms with E-state index in [0.29, 0.717) is 22.5 Å². The molecule has 0 radical (unpaired) electrons. The molecular formula is C26H29ClN6OS. The smallest absolute Gasteiger partial charge is 0.325 e. The first-order chi connectivity index (χ1) is 17.0. The highest BCUT2D eigenvalue weighted by atomic mass is 35.5. The van der Waals surface area contributed by atoms with E-state index in [1.54, 1.807) is 11.3 Å². The summed E-state index contributed by atoms with van der Waals surface area (Å²) in [7, 11) is 2.15. The summed E-state index contributed by atoms with van der Waals surface area (Å²) in [4.78, 5) is 20.0. The Balaban J connectivity index is 1.30. The van der Waals surface area contributed by atoms with Gasteiger partial charge in [-0.3, -0.25) is 0 Å². The van der Waals surface area contributed by atoms with E-state index >= 15 is 0 Å². The van der Waals surface area contributed by atoms with Crippen molar-refractivity contribution in [3.63, 3.8) is 0 Å². The van der Waals surface area contributed by atoms with Crippen LogP contribution in [0, 0.1) is 0 Å². The molecule has 3 aliphatic rings. The van der Waals surface area contributed by atoms with Crippen molar-refractivity contribution in [3.05, 3.63) is 51.0 Å². The monoisotopic (exact) mass is 508 g/mol. The van der Waals surface area contributed by atoms with Gasteiger partial charge in [0, 0.05) is 48.9 Å². The molecule has 1 aliphatic heterocycles. The van der Waals surface area contributed by atoms with E-state index in [1.807, 2.05) is 18.3 Å². The number of likely N-dealkylation sites (N-methyl/N-ethyl adjacent to an activating group) is 1. The summed E-state index contributed by atoms with van der Waals surface area (Å²) in [6, 6.07) is 6.25. The Morgan fingerprint density at radius 2 is 1.97 bits per heavy atom. The third-order valence-electron chi connectivity index (χ3n) is 7.08. The van der Waals surface area contributed by atoms with Crippen molar-refractivity contribution in [2.45, 2.75) is 38.5 Å². The first-order valence-electron chi connectivity index (χ1n) is 12.2. The molecule has 1 saturated heterocycles. The topological polar surface area (TPSA) is 66.4 Å². The van der Waals surface area contributed by atoms with Gasteiger partial charge in [-0.2, -0.15) is 9.97 Å². The molecule has 1 aromatic carbocycles. The lowest BCUT2D eigenvalue weighted by molar-refractivity contribution is 0.311. The molecule has 2 fully saturated rings. The van der Waals surface area contributed by atoms with Gasteiger partial charge in [0.1, 0.15) is 17.4 Å². The number of rotatable bonds is 6. The zero-order chi connectivity index (χ0) is 23.9. The third kappa shape index (κ3) is 4.75. The standard InChI is InChI=1S/C26H29ClN6OS/c1-16-12-18-6-7-20(24(27)19(18)13-16)34-25-29-22(14-23(31-25)33-10-8-32(2)9-11-33)30-26-28-15-21(35-26)17-4-3-5-17/h6-7,13-15,17H,3-5,8-12H2,1-2H3,(H,28,29,30,31). The Morgan fingerprint density at radius 3 is 2.74 bits per heavy atom. The highest BCUT2D eigenvalue weighted by Gasteiger charge is 2.23. The number of halogens is 1. The van der Waals surface area contributed by atoms with Crippen molar-refractivity contribution in [2.24, 2.45) is 0 Å². The maximum absolute atomic E-state index is 6.73. The summed E-state index contributed by atoms with van der Waals surface area (Å²) in [5.41, 5.74) is 3.55. The lowest BCUT2D eigenvalue weighted by atomic mass is 9.85. The molecule has 7 nitrogen and oxygen atoms in total. The number of nitrogens with one attached hydrogen (secondary N) is 1. The van der Waals surface area contributed by atoms with E-state index in [4.69, 9.17) is 21.3 Å². The van der Waals surface area contributed by atoms with Crippen LogP contribution in [-0.2, 0) is 6.42 Å². The van der Waals surface area contributed by atoms with Crippen molar-refractivity contribution in [3.8, 4) is 11.8 Å². The lowest BCUT2D eigenvalue weighted by Gasteiger charge is -2.33. The highest BCUT2D eigenvalue weighted by Crippen LogP contribution is 2.41. The van der Waals surface area contributed by atoms with Crippen LogP contribution in [0.4, 0.5) is 16.8 Å². The molecule has 0 bridgehead atoms. The van der Waals surface area contributed by atoms with Crippen LogP contribution in [0.3, 0.4) is 0 Å². The normalized spacial score (nSPS) is 18.3. The number of fused-ring (bicyclic) bond motifs is 1. The summed E-state index contributed by atoms with van der Waals surface area (Å²) < 4.78 is 6.19. The molecular weight excluding hydrogens is 480 g/mol. The van der Waals surface area contributed by atoms with Gasteiger partial charge in [-0.25, -0.2) is 4.98 Å². The second-order valence-corrected chi connectivity index (χ2v) is 11.2. The van der Waals surface area contributed by atoms with E-state index < -0.39 is 0 Å². The zero-order valence-corrected chi connectivity index (χ0v) is 21.6. The number of nitrogens with zero attached hydrogens (tertiary/aromatic N) is 5. The van der Waals surface area contributed by atoms with Crippen LogP contribution >= 0.6 is 22.9 Å². The number of ether oxygens (including phenoxy) is 1. The molecule has 2 aromatic heterocycles. The first-order valence-corrected chi connectivity index (χ1v) is 13.4. The fourth-order valence-corrected chi connectivity index (χ4v) is 6.02. The van der Waals surface area contributed by atoms with Gasteiger partial charge in [0.25, 0.3) is 0 Å². The largest absolute Gasteiger partial charge is 0.423 e. The summed E-state index contributed by atoms with van der Waals surface area (Å²) in [5.74, 6) is 2.74. The van der Waals surface area contributed by atoms with Crippen molar-refractivity contribution in [1.29, 1.82) is 0 Å². The summed E-state index contributed by atoms with van der Waals surface area (Å²) in [5, 5.41) is 4.85. The molecule has 3 heterocycles. The van der Waals surface area contributed by atoms with Gasteiger partial charge in [0.05, 0.1) is 5.02 Å². The molecule has 2 aliphatic carbocycles. The predicted molar refractivity (Wildman–Crippen MR) is 143 cm³/mol. The minimum atomic E-state index is 0.278. The zero-order valence-electron chi connectivity index (χ0n) is 20.1. The van der Waals surface area contributed by atoms with Gasteiger partial charge in [0.2, 0.25) is 0 Å². The van der Waals surface area contributed by atoms with Crippen LogP contribution in [0.25, 0.3) is 6.08 Å². The molecule has 35 heavy (non-hydrogen) atoms. The summed E-state index contributed by atoms with van der Waals surface area (Å²) in [6.45, 7) is 5.90. The lowest BCUT2D eigenvalue weighted by Crippen LogP contribution is -2.44. The second kappa shape index (κ2) is 9.41. The van der Waals surface area contributed by atoms with Gasteiger partial charge in [-0.1, -0.05) is 35.7 Å². The van der Waals surface area contributed by atoms with Crippen LogP contribution in [0.2, 0.25) is 5.02 Å². The quantitative estimate of drug-likeness (QED) is 0.431. The minimum absolute atomic E-state index is 0.278. The van der Waals surface area contributed by atoms with Crippen molar-refractivity contribution >= 4 is 45.8 Å². The molecule has 6 rings (SSSR count). The van der Waals surface area contributed by atoms with Gasteiger partial charge in [-0.05, 0) is 50.8 Å². The van der Waals surface area contributed by atoms with Gasteiger partial charge in [-0.15, -0.1) is 11.3 Å². The number of aromatic nitrogens is 3. The van der Waals surface area contributed by atoms with E-state index in [0.717, 1.165) is 49.1 Å². The van der Waals surface area contributed by atoms with E-state index in [2.05, 4.69) is 51.2 Å².